The Morgan fingerprint density at radius 2 is 2.38 bits per heavy atom. The lowest BCUT2D eigenvalue weighted by molar-refractivity contribution is 0.367. The van der Waals surface area contributed by atoms with Gasteiger partial charge >= 0.3 is 0 Å². The Morgan fingerprint density at radius 1 is 1.38 bits per heavy atom. The monoisotopic (exact) mass is 219 g/mol. The van der Waals surface area contributed by atoms with Gasteiger partial charge in [0.25, 0.3) is 5.89 Å². The zero-order valence-corrected chi connectivity index (χ0v) is 8.81. The van der Waals surface area contributed by atoms with Gasteiger partial charge in [-0.1, -0.05) is 11.6 Å². The molecule has 0 spiro atoms. The molecule has 16 heavy (non-hydrogen) atoms. The fraction of sp³-hybridized carbons (Fsp3) is 0.500. The maximum atomic E-state index is 5.20. The Bertz CT molecular complexity index is 443. The number of rotatable bonds is 2. The first kappa shape index (κ1) is 9.53. The van der Waals surface area contributed by atoms with Crippen LogP contribution in [0.3, 0.4) is 0 Å². The summed E-state index contributed by atoms with van der Waals surface area (Å²) in [4.78, 5) is 4.38. The Hall–Kier alpha value is -1.69. The third-order valence-corrected chi connectivity index (χ3v) is 2.81. The van der Waals surface area contributed by atoms with E-state index in [2.05, 4.69) is 25.7 Å². The van der Waals surface area contributed by atoms with Gasteiger partial charge in [-0.05, 0) is 19.4 Å². The van der Waals surface area contributed by atoms with E-state index < -0.39 is 0 Å². The van der Waals surface area contributed by atoms with E-state index in [0.717, 1.165) is 24.4 Å². The molecule has 3 rings (SSSR count). The second-order valence-electron chi connectivity index (χ2n) is 3.95. The van der Waals surface area contributed by atoms with Crippen LogP contribution in [0.5, 0.6) is 0 Å². The Labute approximate surface area is 92.4 Å². The minimum Gasteiger partial charge on any atom is -0.334 e. The zero-order valence-electron chi connectivity index (χ0n) is 8.81. The largest absolute Gasteiger partial charge is 0.334 e. The molecule has 0 saturated carbocycles. The van der Waals surface area contributed by atoms with Gasteiger partial charge in [0.2, 0.25) is 0 Å². The number of nitrogens with one attached hydrogen (secondary N) is 2. The van der Waals surface area contributed by atoms with Crippen molar-refractivity contribution in [2.45, 2.75) is 25.3 Å². The molecule has 0 aliphatic carbocycles. The third kappa shape index (κ3) is 1.71. The Morgan fingerprint density at radius 3 is 3.12 bits per heavy atom. The van der Waals surface area contributed by atoms with Crippen molar-refractivity contribution in [2.75, 3.05) is 6.54 Å². The summed E-state index contributed by atoms with van der Waals surface area (Å²) >= 11 is 0. The fourth-order valence-electron chi connectivity index (χ4n) is 1.93. The molecule has 0 radical (unpaired) electrons. The van der Waals surface area contributed by atoms with Crippen LogP contribution in [-0.4, -0.2) is 26.9 Å². The predicted octanol–water partition coefficient (Wildman–Crippen LogP) is 1.27. The van der Waals surface area contributed by atoms with Gasteiger partial charge in [0, 0.05) is 6.20 Å². The zero-order chi connectivity index (χ0) is 10.8. The van der Waals surface area contributed by atoms with Crippen LogP contribution in [0.2, 0.25) is 0 Å². The molecule has 1 atom stereocenters. The van der Waals surface area contributed by atoms with Crippen LogP contribution in [0.25, 0.3) is 11.5 Å². The molecule has 2 aromatic heterocycles. The molecule has 0 aromatic carbocycles. The van der Waals surface area contributed by atoms with Crippen LogP contribution in [0.4, 0.5) is 0 Å². The van der Waals surface area contributed by atoms with E-state index in [-0.39, 0.29) is 6.04 Å². The third-order valence-electron chi connectivity index (χ3n) is 2.81. The summed E-state index contributed by atoms with van der Waals surface area (Å²) in [6.45, 7) is 1.03. The summed E-state index contributed by atoms with van der Waals surface area (Å²) in [5, 5.41) is 14.0. The molecule has 6 nitrogen and oxygen atoms in total. The van der Waals surface area contributed by atoms with Crippen molar-refractivity contribution in [1.29, 1.82) is 0 Å². The van der Waals surface area contributed by atoms with Crippen LogP contribution >= 0.6 is 0 Å². The summed E-state index contributed by atoms with van der Waals surface area (Å²) in [7, 11) is 0. The van der Waals surface area contributed by atoms with Gasteiger partial charge in [-0.2, -0.15) is 10.1 Å². The van der Waals surface area contributed by atoms with Crippen LogP contribution in [0.15, 0.2) is 16.9 Å². The average molecular weight is 219 g/mol. The van der Waals surface area contributed by atoms with Crippen LogP contribution in [0, 0.1) is 0 Å². The minimum absolute atomic E-state index is 0.234. The van der Waals surface area contributed by atoms with E-state index in [1.165, 1.54) is 12.8 Å². The lowest BCUT2D eigenvalue weighted by Gasteiger charge is -2.19. The van der Waals surface area contributed by atoms with Gasteiger partial charge in [-0.3, -0.25) is 5.10 Å². The van der Waals surface area contributed by atoms with Crippen molar-refractivity contribution in [1.82, 2.24) is 25.7 Å². The predicted molar refractivity (Wildman–Crippen MR) is 56.5 cm³/mol. The highest BCUT2D eigenvalue weighted by atomic mass is 16.5. The van der Waals surface area contributed by atoms with Crippen molar-refractivity contribution in [3.05, 3.63) is 18.2 Å². The molecule has 2 aromatic rings. The standard InChI is InChI=1S/C10H13N5O/c1-2-4-11-8(3-1)9-14-10(16-15-9)7-5-12-13-6-7/h5-6,8,11H,1-4H2,(H,12,13). The molecule has 1 saturated heterocycles. The first-order valence-corrected chi connectivity index (χ1v) is 5.49. The van der Waals surface area contributed by atoms with Crippen molar-refractivity contribution in [3.8, 4) is 11.5 Å². The second kappa shape index (κ2) is 4.05. The number of H-pyrrole nitrogens is 1. The maximum Gasteiger partial charge on any atom is 0.261 e. The SMILES string of the molecule is c1n[nH]cc1-c1nc(C2CCCCN2)no1. The Balaban J connectivity index is 1.82. The van der Waals surface area contributed by atoms with Gasteiger partial charge in [0.05, 0.1) is 17.8 Å². The first-order chi connectivity index (χ1) is 7.93. The smallest absolute Gasteiger partial charge is 0.261 e. The number of hydrogen-bond acceptors (Lipinski definition) is 5. The molecule has 84 valence electrons. The van der Waals surface area contributed by atoms with E-state index in [0.29, 0.717) is 5.89 Å². The van der Waals surface area contributed by atoms with Crippen molar-refractivity contribution < 1.29 is 4.52 Å². The molecular weight excluding hydrogens is 206 g/mol. The number of aromatic amines is 1. The van der Waals surface area contributed by atoms with Crippen molar-refractivity contribution in [3.63, 3.8) is 0 Å². The number of hydrogen-bond donors (Lipinski definition) is 2. The van der Waals surface area contributed by atoms with Gasteiger partial charge < -0.3 is 9.84 Å². The molecule has 6 heteroatoms. The molecule has 1 unspecified atom stereocenters. The van der Waals surface area contributed by atoms with Gasteiger partial charge in [0.1, 0.15) is 0 Å². The number of aromatic nitrogens is 4. The van der Waals surface area contributed by atoms with Crippen LogP contribution in [0.1, 0.15) is 31.1 Å². The van der Waals surface area contributed by atoms with E-state index in [9.17, 15) is 0 Å². The second-order valence-corrected chi connectivity index (χ2v) is 3.95. The normalized spacial score (nSPS) is 21.1. The molecular formula is C10H13N5O. The summed E-state index contributed by atoms with van der Waals surface area (Å²) in [5.41, 5.74) is 0.828. The molecule has 1 aliphatic rings. The first-order valence-electron chi connectivity index (χ1n) is 5.49. The molecule has 1 fully saturated rings. The van der Waals surface area contributed by atoms with E-state index in [4.69, 9.17) is 4.52 Å². The molecule has 0 amide bonds. The van der Waals surface area contributed by atoms with E-state index in [1.807, 2.05) is 0 Å². The summed E-state index contributed by atoms with van der Waals surface area (Å²) in [5.74, 6) is 1.27. The highest BCUT2D eigenvalue weighted by Crippen LogP contribution is 2.23. The van der Waals surface area contributed by atoms with Gasteiger partial charge in [0.15, 0.2) is 5.82 Å². The van der Waals surface area contributed by atoms with Gasteiger partial charge in [-0.25, -0.2) is 0 Å². The van der Waals surface area contributed by atoms with Crippen molar-refractivity contribution in [2.24, 2.45) is 0 Å². The maximum absolute atomic E-state index is 5.20. The summed E-state index contributed by atoms with van der Waals surface area (Å²) in [6, 6.07) is 0.234. The topological polar surface area (TPSA) is 79.6 Å². The number of piperidine rings is 1. The highest BCUT2D eigenvalue weighted by molar-refractivity contribution is 5.49. The summed E-state index contributed by atoms with van der Waals surface area (Å²) in [6.07, 6.45) is 6.93. The van der Waals surface area contributed by atoms with E-state index in [1.54, 1.807) is 12.4 Å². The molecule has 1 aliphatic heterocycles. The number of nitrogens with zero attached hydrogens (tertiary/aromatic N) is 3. The molecule has 3 heterocycles. The highest BCUT2D eigenvalue weighted by Gasteiger charge is 2.20. The summed E-state index contributed by atoms with van der Waals surface area (Å²) < 4.78 is 5.20. The lowest BCUT2D eigenvalue weighted by atomic mass is 10.0. The average Bonchev–Trinajstić information content (AvgIpc) is 3.01. The van der Waals surface area contributed by atoms with E-state index >= 15 is 0 Å². The van der Waals surface area contributed by atoms with Gasteiger partial charge in [-0.15, -0.1) is 0 Å². The van der Waals surface area contributed by atoms with Crippen LogP contribution < -0.4 is 5.32 Å². The lowest BCUT2D eigenvalue weighted by Crippen LogP contribution is -2.27. The Kier molecular flexibility index (Phi) is 2.41. The quantitative estimate of drug-likeness (QED) is 0.795. The minimum atomic E-state index is 0.234. The fourth-order valence-corrected chi connectivity index (χ4v) is 1.93. The molecule has 0 bridgehead atoms. The van der Waals surface area contributed by atoms with Crippen LogP contribution in [-0.2, 0) is 0 Å². The van der Waals surface area contributed by atoms with Crippen molar-refractivity contribution >= 4 is 0 Å². The molecule has 2 N–H and O–H groups in total.